The van der Waals surface area contributed by atoms with Crippen molar-refractivity contribution in [1.82, 2.24) is 15.0 Å². The third kappa shape index (κ3) is 4.11. The molecule has 10 rings (SSSR count). The minimum atomic E-state index is 0.652. The molecular weight excluding hydrogens is 583 g/mol. The summed E-state index contributed by atoms with van der Waals surface area (Å²) in [6.45, 7) is 0. The van der Waals surface area contributed by atoms with Gasteiger partial charge in [-0.1, -0.05) is 152 Å². The quantitative estimate of drug-likeness (QED) is 0.148. The highest BCUT2D eigenvalue weighted by Gasteiger charge is 2.21. The first-order valence-electron chi connectivity index (χ1n) is 16.3. The first-order valence-corrected chi connectivity index (χ1v) is 16.3. The van der Waals surface area contributed by atoms with Crippen LogP contribution in [0.25, 0.3) is 98.8 Å². The SMILES string of the molecule is c1ccc(-c2nc(-c3c4ccccc4cc4c3ccc3ccccc34)nc(-c3c4ccccc4cc4c3ccc3ccccc34)n2)cc1. The fourth-order valence-corrected chi connectivity index (χ4v) is 7.44. The summed E-state index contributed by atoms with van der Waals surface area (Å²) in [6, 6.07) is 58.0. The summed E-state index contributed by atoms with van der Waals surface area (Å²) in [5.74, 6) is 1.98. The smallest absolute Gasteiger partial charge is 0.165 e. The molecule has 0 atom stereocenters. The number of aromatic nitrogens is 3. The van der Waals surface area contributed by atoms with Gasteiger partial charge in [-0.05, 0) is 76.8 Å². The standard InChI is InChI=1S/C45H27N3/c1-2-14-30(15-3-1)43-46-44(41-35-20-10-6-16-31(35)26-39-33-18-8-4-12-28(33)22-24-37(39)41)48-45(47-43)42-36-21-11-7-17-32(36)27-40-34-19-9-5-13-29(34)23-25-38(40)42/h1-27H. The Hall–Kier alpha value is -6.45. The predicted molar refractivity (Wildman–Crippen MR) is 201 cm³/mol. The van der Waals surface area contributed by atoms with E-state index < -0.39 is 0 Å². The number of fused-ring (bicyclic) bond motifs is 8. The van der Waals surface area contributed by atoms with Crippen molar-refractivity contribution in [3.63, 3.8) is 0 Å². The molecule has 1 aromatic heterocycles. The molecule has 0 spiro atoms. The average Bonchev–Trinajstić information content (AvgIpc) is 3.16. The van der Waals surface area contributed by atoms with E-state index in [0.29, 0.717) is 17.5 Å². The second-order valence-electron chi connectivity index (χ2n) is 12.4. The zero-order valence-electron chi connectivity index (χ0n) is 25.9. The molecule has 0 aliphatic heterocycles. The maximum Gasteiger partial charge on any atom is 0.165 e. The summed E-state index contributed by atoms with van der Waals surface area (Å²) in [7, 11) is 0. The highest BCUT2D eigenvalue weighted by molar-refractivity contribution is 6.21. The summed E-state index contributed by atoms with van der Waals surface area (Å²) in [5.41, 5.74) is 2.99. The van der Waals surface area contributed by atoms with Crippen molar-refractivity contribution in [3.8, 4) is 34.2 Å². The third-order valence-electron chi connectivity index (χ3n) is 9.65. The van der Waals surface area contributed by atoms with Gasteiger partial charge in [0.1, 0.15) is 0 Å². The van der Waals surface area contributed by atoms with E-state index in [1.54, 1.807) is 0 Å². The van der Waals surface area contributed by atoms with Gasteiger partial charge in [0.2, 0.25) is 0 Å². The van der Waals surface area contributed by atoms with Crippen LogP contribution in [-0.4, -0.2) is 15.0 Å². The van der Waals surface area contributed by atoms with Crippen molar-refractivity contribution in [1.29, 1.82) is 0 Å². The molecule has 0 saturated carbocycles. The lowest BCUT2D eigenvalue weighted by molar-refractivity contribution is 1.08. The van der Waals surface area contributed by atoms with E-state index in [9.17, 15) is 0 Å². The van der Waals surface area contributed by atoms with Crippen molar-refractivity contribution in [2.45, 2.75) is 0 Å². The van der Waals surface area contributed by atoms with Crippen LogP contribution in [0.5, 0.6) is 0 Å². The molecule has 0 bridgehead atoms. The average molecular weight is 610 g/mol. The molecule has 0 aliphatic rings. The van der Waals surface area contributed by atoms with Crippen LogP contribution in [0.1, 0.15) is 0 Å². The summed E-state index contributed by atoms with van der Waals surface area (Å²) < 4.78 is 0. The van der Waals surface area contributed by atoms with Gasteiger partial charge in [0, 0.05) is 16.7 Å². The van der Waals surface area contributed by atoms with E-state index in [2.05, 4.69) is 146 Å². The van der Waals surface area contributed by atoms with Gasteiger partial charge in [-0.15, -0.1) is 0 Å². The van der Waals surface area contributed by atoms with Gasteiger partial charge in [0.15, 0.2) is 17.5 Å². The molecule has 0 aliphatic carbocycles. The Morgan fingerprint density at radius 1 is 0.250 bits per heavy atom. The molecule has 0 N–H and O–H groups in total. The van der Waals surface area contributed by atoms with Gasteiger partial charge in [-0.25, -0.2) is 15.0 Å². The van der Waals surface area contributed by atoms with Crippen LogP contribution in [0.4, 0.5) is 0 Å². The molecule has 3 heteroatoms. The lowest BCUT2D eigenvalue weighted by Crippen LogP contribution is -2.02. The molecule has 10 aromatic rings. The Balaban J connectivity index is 1.37. The molecule has 9 aromatic carbocycles. The van der Waals surface area contributed by atoms with Crippen LogP contribution in [0, 0.1) is 0 Å². The first-order chi connectivity index (χ1) is 23.8. The minimum Gasteiger partial charge on any atom is -0.208 e. The largest absolute Gasteiger partial charge is 0.208 e. The van der Waals surface area contributed by atoms with Crippen LogP contribution < -0.4 is 0 Å². The van der Waals surface area contributed by atoms with Crippen molar-refractivity contribution in [3.05, 3.63) is 164 Å². The Morgan fingerprint density at radius 2 is 0.646 bits per heavy atom. The summed E-state index contributed by atoms with van der Waals surface area (Å²) >= 11 is 0. The van der Waals surface area contributed by atoms with E-state index in [0.717, 1.165) is 49.0 Å². The Bertz CT molecular complexity index is 2720. The van der Waals surface area contributed by atoms with Crippen LogP contribution in [-0.2, 0) is 0 Å². The van der Waals surface area contributed by atoms with Gasteiger partial charge in [0.25, 0.3) is 0 Å². The number of rotatable bonds is 3. The molecule has 0 saturated heterocycles. The second-order valence-corrected chi connectivity index (χ2v) is 12.4. The van der Waals surface area contributed by atoms with E-state index in [4.69, 9.17) is 15.0 Å². The number of benzene rings is 9. The Labute approximate surface area is 276 Å². The van der Waals surface area contributed by atoms with Crippen molar-refractivity contribution < 1.29 is 0 Å². The lowest BCUT2D eigenvalue weighted by Gasteiger charge is -2.16. The van der Waals surface area contributed by atoms with Gasteiger partial charge in [-0.2, -0.15) is 0 Å². The normalized spacial score (nSPS) is 11.8. The van der Waals surface area contributed by atoms with Crippen LogP contribution in [0.15, 0.2) is 164 Å². The van der Waals surface area contributed by atoms with Gasteiger partial charge in [0.05, 0.1) is 0 Å². The molecule has 222 valence electrons. The fourth-order valence-electron chi connectivity index (χ4n) is 7.44. The first kappa shape index (κ1) is 26.7. The summed E-state index contributed by atoms with van der Waals surface area (Å²) in [6.07, 6.45) is 0. The van der Waals surface area contributed by atoms with Crippen molar-refractivity contribution in [2.75, 3.05) is 0 Å². The topological polar surface area (TPSA) is 38.7 Å². The van der Waals surface area contributed by atoms with Crippen molar-refractivity contribution >= 4 is 64.6 Å². The maximum atomic E-state index is 5.44. The van der Waals surface area contributed by atoms with E-state index in [1.165, 1.54) is 32.3 Å². The zero-order valence-corrected chi connectivity index (χ0v) is 25.9. The highest BCUT2D eigenvalue weighted by Crippen LogP contribution is 2.42. The maximum absolute atomic E-state index is 5.44. The molecule has 0 amide bonds. The fraction of sp³-hybridized carbons (Fsp3) is 0. The molecule has 48 heavy (non-hydrogen) atoms. The molecule has 0 fully saturated rings. The Morgan fingerprint density at radius 3 is 1.15 bits per heavy atom. The minimum absolute atomic E-state index is 0.652. The molecule has 3 nitrogen and oxygen atoms in total. The third-order valence-corrected chi connectivity index (χ3v) is 9.65. The molecular formula is C45H27N3. The Kier molecular flexibility index (Phi) is 5.87. The van der Waals surface area contributed by atoms with Crippen LogP contribution in [0.3, 0.4) is 0 Å². The van der Waals surface area contributed by atoms with E-state index in [-0.39, 0.29) is 0 Å². The number of hydrogen-bond donors (Lipinski definition) is 0. The number of hydrogen-bond acceptors (Lipinski definition) is 3. The van der Waals surface area contributed by atoms with Crippen molar-refractivity contribution in [2.24, 2.45) is 0 Å². The zero-order chi connectivity index (χ0) is 31.6. The molecule has 0 radical (unpaired) electrons. The van der Waals surface area contributed by atoms with E-state index >= 15 is 0 Å². The van der Waals surface area contributed by atoms with Crippen LogP contribution >= 0.6 is 0 Å². The second kappa shape index (κ2) is 10.5. The van der Waals surface area contributed by atoms with E-state index in [1.807, 2.05) is 18.2 Å². The van der Waals surface area contributed by atoms with Gasteiger partial charge < -0.3 is 0 Å². The number of nitrogens with zero attached hydrogens (tertiary/aromatic N) is 3. The molecule has 0 unspecified atom stereocenters. The van der Waals surface area contributed by atoms with Crippen LogP contribution in [0.2, 0.25) is 0 Å². The highest BCUT2D eigenvalue weighted by atomic mass is 15.0. The monoisotopic (exact) mass is 609 g/mol. The summed E-state index contributed by atoms with van der Waals surface area (Å²) in [4.78, 5) is 16.0. The molecule has 1 heterocycles. The lowest BCUT2D eigenvalue weighted by atomic mass is 9.92. The van der Waals surface area contributed by atoms with Gasteiger partial charge in [-0.3, -0.25) is 0 Å². The van der Waals surface area contributed by atoms with Gasteiger partial charge >= 0.3 is 0 Å². The predicted octanol–water partition coefficient (Wildman–Crippen LogP) is 11.8. The summed E-state index contributed by atoms with van der Waals surface area (Å²) in [5, 5.41) is 14.0.